The average molecular weight is 919 g/mol. The number of hydrogen-bond donors (Lipinski definition) is 2. The Kier molecular flexibility index (Phi) is 19.5. The zero-order chi connectivity index (χ0) is 47.2. The van der Waals surface area contributed by atoms with Gasteiger partial charge in [0.25, 0.3) is 0 Å². The highest BCUT2D eigenvalue weighted by Gasteiger charge is 2.27. The number of unbranched alkanes of at least 4 members (excludes halogenated alkanes) is 18. The number of nitrogens with zero attached hydrogens (tertiary/aromatic N) is 2. The van der Waals surface area contributed by atoms with Crippen LogP contribution in [0, 0.1) is 0 Å². The molecule has 2 heterocycles. The van der Waals surface area contributed by atoms with Gasteiger partial charge in [-0.1, -0.05) is 154 Å². The van der Waals surface area contributed by atoms with Crippen LogP contribution in [0.1, 0.15) is 142 Å². The molecule has 0 fully saturated rings. The second-order valence-electron chi connectivity index (χ2n) is 17.9. The Morgan fingerprint density at radius 2 is 0.721 bits per heavy atom. The second-order valence-corrected chi connectivity index (χ2v) is 17.9. The number of ether oxygens (including phenoxy) is 2. The topological polar surface area (TPSA) is 129 Å². The summed E-state index contributed by atoms with van der Waals surface area (Å²) in [6.07, 6.45) is 26.8. The van der Waals surface area contributed by atoms with E-state index >= 15 is 0 Å². The Morgan fingerprint density at radius 1 is 0.412 bits per heavy atom. The van der Waals surface area contributed by atoms with Gasteiger partial charge in [0.15, 0.2) is 11.2 Å². The molecule has 358 valence electrons. The number of nitrogens with one attached hydrogen (secondary N) is 2. The van der Waals surface area contributed by atoms with Gasteiger partial charge in [-0.05, 0) is 96.8 Å². The molecule has 0 unspecified atom stereocenters. The number of carbonyl (C=O) groups excluding carboxylic acids is 2. The summed E-state index contributed by atoms with van der Waals surface area (Å²) in [7, 11) is 0. The minimum atomic E-state index is 0.416. The number of aromatic nitrogens is 2. The van der Waals surface area contributed by atoms with E-state index in [4.69, 9.17) is 28.3 Å². The molecule has 0 bridgehead atoms. The molecular formula is C58H70N4O6. The van der Waals surface area contributed by atoms with E-state index in [9.17, 15) is 9.59 Å². The van der Waals surface area contributed by atoms with E-state index in [0.29, 0.717) is 71.4 Å². The molecule has 0 spiro atoms. The van der Waals surface area contributed by atoms with Gasteiger partial charge in [-0.3, -0.25) is 9.59 Å². The van der Waals surface area contributed by atoms with E-state index in [1.54, 1.807) is 0 Å². The minimum Gasteiger partial charge on any atom is -0.494 e. The van der Waals surface area contributed by atoms with Crippen molar-refractivity contribution >= 4 is 46.4 Å². The lowest BCUT2D eigenvalue weighted by Crippen LogP contribution is -1.97. The number of carbonyl (C=O) groups is 2. The zero-order valence-corrected chi connectivity index (χ0v) is 40.3. The third-order valence-electron chi connectivity index (χ3n) is 12.7. The van der Waals surface area contributed by atoms with Crippen molar-refractivity contribution in [3.8, 4) is 56.7 Å². The second kappa shape index (κ2) is 26.8. The van der Waals surface area contributed by atoms with Gasteiger partial charge in [-0.15, -0.1) is 0 Å². The van der Waals surface area contributed by atoms with Crippen LogP contribution in [0.25, 0.3) is 67.4 Å². The van der Waals surface area contributed by atoms with Crippen molar-refractivity contribution in [1.82, 2.24) is 9.97 Å². The van der Waals surface area contributed by atoms with Crippen molar-refractivity contribution in [3.63, 3.8) is 0 Å². The van der Waals surface area contributed by atoms with Crippen LogP contribution in [-0.4, -0.2) is 36.0 Å². The summed E-state index contributed by atoms with van der Waals surface area (Å²) < 4.78 is 26.1. The van der Waals surface area contributed by atoms with Gasteiger partial charge in [0.05, 0.1) is 24.3 Å². The normalized spacial score (nSPS) is 11.3. The lowest BCUT2D eigenvalue weighted by molar-refractivity contribution is -0.106. The summed E-state index contributed by atoms with van der Waals surface area (Å²) in [5.74, 6) is 2.44. The molecule has 0 atom stereocenters. The molecule has 68 heavy (non-hydrogen) atoms. The van der Waals surface area contributed by atoms with E-state index in [-0.39, 0.29) is 0 Å². The van der Waals surface area contributed by atoms with Gasteiger partial charge >= 0.3 is 0 Å². The van der Waals surface area contributed by atoms with Crippen LogP contribution in [-0.2, 0) is 9.59 Å². The van der Waals surface area contributed by atoms with Gasteiger partial charge < -0.3 is 28.9 Å². The van der Waals surface area contributed by atoms with Gasteiger partial charge in [0, 0.05) is 22.5 Å². The van der Waals surface area contributed by atoms with Crippen molar-refractivity contribution in [2.45, 2.75) is 142 Å². The quantitative estimate of drug-likeness (QED) is 0.0316. The van der Waals surface area contributed by atoms with Crippen LogP contribution in [0.2, 0.25) is 0 Å². The first-order valence-corrected chi connectivity index (χ1v) is 25.4. The first-order valence-electron chi connectivity index (χ1n) is 25.4. The van der Waals surface area contributed by atoms with Crippen molar-refractivity contribution in [1.29, 1.82) is 0 Å². The lowest BCUT2D eigenvalue weighted by Gasteiger charge is -2.11. The maximum atomic E-state index is 11.2. The highest BCUT2D eigenvalue weighted by atomic mass is 16.5. The number of benzene rings is 5. The fourth-order valence-corrected chi connectivity index (χ4v) is 8.86. The molecule has 0 aliphatic rings. The molecule has 2 aromatic heterocycles. The van der Waals surface area contributed by atoms with Crippen LogP contribution < -0.4 is 20.1 Å². The third kappa shape index (κ3) is 13.8. The van der Waals surface area contributed by atoms with E-state index in [2.05, 4.69) is 24.5 Å². The van der Waals surface area contributed by atoms with Crippen molar-refractivity contribution in [2.24, 2.45) is 0 Å². The molecule has 10 nitrogen and oxygen atoms in total. The van der Waals surface area contributed by atoms with Crippen molar-refractivity contribution in [2.75, 3.05) is 23.8 Å². The summed E-state index contributed by atoms with van der Waals surface area (Å²) in [6.45, 7) is 5.87. The molecule has 0 aliphatic heterocycles. The van der Waals surface area contributed by atoms with E-state index < -0.39 is 0 Å². The highest BCUT2D eigenvalue weighted by molar-refractivity contribution is 6.16. The van der Waals surface area contributed by atoms with Crippen LogP contribution in [0.3, 0.4) is 0 Å². The molecule has 7 rings (SSSR count). The largest absolute Gasteiger partial charge is 0.494 e. The molecule has 7 aromatic rings. The predicted octanol–water partition coefficient (Wildman–Crippen LogP) is 16.4. The van der Waals surface area contributed by atoms with Gasteiger partial charge in [0.2, 0.25) is 24.6 Å². The SMILES string of the molecule is CCCCCCCCCCCCOc1ccc(-c2c3nc(-c4ccc(NC=O)cc4)oc3c(-c3ccc(OCCCCCCCCCCCC)cc3)c3nc(-c4ccc(NC=O)cc4)oc23)cc1. The number of anilines is 2. The Balaban J connectivity index is 1.17. The molecule has 0 radical (unpaired) electrons. The van der Waals surface area contributed by atoms with E-state index in [1.165, 1.54) is 116 Å². The molecular weight excluding hydrogens is 849 g/mol. The molecule has 10 heteroatoms. The molecule has 2 N–H and O–H groups in total. The summed E-state index contributed by atoms with van der Waals surface area (Å²) in [6, 6.07) is 30.9. The maximum absolute atomic E-state index is 11.2. The molecule has 0 saturated carbocycles. The zero-order valence-electron chi connectivity index (χ0n) is 40.3. The van der Waals surface area contributed by atoms with E-state index in [0.717, 1.165) is 57.7 Å². The first kappa shape index (κ1) is 49.5. The van der Waals surface area contributed by atoms with Crippen LogP contribution in [0.4, 0.5) is 11.4 Å². The smallest absolute Gasteiger partial charge is 0.227 e. The number of hydrogen-bond acceptors (Lipinski definition) is 8. The Hall–Kier alpha value is -6.42. The molecule has 0 saturated heterocycles. The highest BCUT2D eigenvalue weighted by Crippen LogP contribution is 2.46. The predicted molar refractivity (Wildman–Crippen MR) is 277 cm³/mol. The van der Waals surface area contributed by atoms with Crippen LogP contribution >= 0.6 is 0 Å². The Morgan fingerprint density at radius 3 is 1.04 bits per heavy atom. The van der Waals surface area contributed by atoms with Gasteiger partial charge in [0.1, 0.15) is 22.5 Å². The monoisotopic (exact) mass is 919 g/mol. The fourth-order valence-electron chi connectivity index (χ4n) is 8.86. The summed E-state index contributed by atoms with van der Waals surface area (Å²) >= 11 is 0. The first-order chi connectivity index (χ1) is 33.6. The average Bonchev–Trinajstić information content (AvgIpc) is 4.01. The van der Waals surface area contributed by atoms with Gasteiger partial charge in [-0.2, -0.15) is 0 Å². The van der Waals surface area contributed by atoms with E-state index in [1.807, 2.05) is 97.1 Å². The Labute approximate surface area is 402 Å². The van der Waals surface area contributed by atoms with Crippen LogP contribution in [0.5, 0.6) is 11.5 Å². The summed E-state index contributed by atoms with van der Waals surface area (Å²) in [4.78, 5) is 32.7. The van der Waals surface area contributed by atoms with Gasteiger partial charge in [-0.25, -0.2) is 9.97 Å². The summed E-state index contributed by atoms with van der Waals surface area (Å²) in [5.41, 5.74) is 8.38. The lowest BCUT2D eigenvalue weighted by atomic mass is 9.96. The van der Waals surface area contributed by atoms with Crippen molar-refractivity contribution in [3.05, 3.63) is 97.1 Å². The van der Waals surface area contributed by atoms with Crippen molar-refractivity contribution < 1.29 is 27.9 Å². The molecule has 2 amide bonds. The molecule has 0 aliphatic carbocycles. The Bertz CT molecular complexity index is 2350. The number of amides is 2. The maximum Gasteiger partial charge on any atom is 0.227 e. The third-order valence-corrected chi connectivity index (χ3v) is 12.7. The van der Waals surface area contributed by atoms with Crippen LogP contribution in [0.15, 0.2) is 106 Å². The number of rotatable bonds is 32. The summed E-state index contributed by atoms with van der Waals surface area (Å²) in [5, 5.41) is 5.41. The minimum absolute atomic E-state index is 0.416. The molecule has 5 aromatic carbocycles. The standard InChI is InChI=1S/C58H70N4O6/c1-3-5-7-9-11-13-15-17-19-21-39-65-49-35-27-43(28-36-49)51-53-56(68-57(61-53)45-23-31-47(32-24-45)59-41-63)52(54-55(51)67-58(62-54)46-25-33-48(34-26-46)60-42-64)44-29-37-50(38-30-44)66-40-22-20-18-16-14-12-10-8-6-4-2/h23-38,41-42H,3-22,39-40H2,1-2H3,(H,59,63)(H,60,64). The number of oxazole rings is 2. The number of fused-ring (bicyclic) bond motifs is 2. The fraction of sp³-hybridized carbons (Fsp3) is 0.414.